The number of nitrogens with zero attached hydrogens (tertiary/aromatic N) is 4. The van der Waals surface area contributed by atoms with Crippen molar-refractivity contribution in [2.45, 2.75) is 32.4 Å². The largest absolute Gasteiger partial charge is 0.379 e. The fraction of sp³-hybridized carbons (Fsp3) is 1.00. The average Bonchev–Trinajstić information content (AvgIpc) is 2.44. The molecule has 0 atom stereocenters. The molecule has 22 heavy (non-hydrogen) atoms. The van der Waals surface area contributed by atoms with Gasteiger partial charge in [0.1, 0.15) is 0 Å². The highest BCUT2D eigenvalue weighted by Gasteiger charge is 2.38. The normalized spacial score (nSPS) is 28.0. The van der Waals surface area contributed by atoms with Crippen molar-refractivity contribution in [3.8, 4) is 0 Å². The number of ether oxygens (including phenoxy) is 1. The summed E-state index contributed by atoms with van der Waals surface area (Å²) in [7, 11) is 0. The molecule has 3 heterocycles. The molecule has 0 spiro atoms. The van der Waals surface area contributed by atoms with E-state index < -0.39 is 0 Å². The topological polar surface area (TPSA) is 22.2 Å². The van der Waals surface area contributed by atoms with Crippen molar-refractivity contribution in [1.82, 2.24) is 19.6 Å². The van der Waals surface area contributed by atoms with Gasteiger partial charge in [0.05, 0.1) is 13.2 Å². The van der Waals surface area contributed by atoms with Gasteiger partial charge in [0.2, 0.25) is 0 Å². The predicted octanol–water partition coefficient (Wildman–Crippen LogP) is 0.419. The van der Waals surface area contributed by atoms with Crippen molar-refractivity contribution >= 4 is 0 Å². The van der Waals surface area contributed by atoms with Crippen LogP contribution >= 0.6 is 0 Å². The lowest BCUT2D eigenvalue weighted by atomic mass is 9.96. The second kappa shape index (κ2) is 7.14. The Morgan fingerprint density at radius 1 is 0.818 bits per heavy atom. The fourth-order valence-corrected chi connectivity index (χ4v) is 3.69. The van der Waals surface area contributed by atoms with Crippen molar-refractivity contribution in [3.05, 3.63) is 0 Å². The van der Waals surface area contributed by atoms with E-state index in [-0.39, 0.29) is 0 Å². The summed E-state index contributed by atoms with van der Waals surface area (Å²) in [5.74, 6) is 0. The van der Waals surface area contributed by atoms with Crippen LogP contribution < -0.4 is 0 Å². The molecule has 3 rings (SSSR count). The van der Waals surface area contributed by atoms with Crippen molar-refractivity contribution < 1.29 is 4.74 Å². The molecule has 3 saturated heterocycles. The van der Waals surface area contributed by atoms with Gasteiger partial charge in [-0.25, -0.2) is 0 Å². The van der Waals surface area contributed by atoms with Crippen molar-refractivity contribution in [2.24, 2.45) is 0 Å². The Hall–Kier alpha value is -0.200. The number of piperazine rings is 1. The second-order valence-electron chi connectivity index (χ2n) is 8.06. The van der Waals surface area contributed by atoms with Crippen LogP contribution in [0, 0.1) is 0 Å². The molecule has 0 N–H and O–H groups in total. The summed E-state index contributed by atoms with van der Waals surface area (Å²) in [6.45, 7) is 21.0. The number of likely N-dealkylation sites (tertiary alicyclic amines) is 1. The maximum atomic E-state index is 5.42. The molecule has 3 aliphatic heterocycles. The Bertz CT molecular complexity index is 337. The standard InChI is InChI=1S/C17H34N4O/c1-17(2,3)21-14-16(15-21)20-8-6-18(7-9-20)4-5-19-10-12-22-13-11-19/h16H,4-15H2,1-3H3. The molecule has 0 unspecified atom stereocenters. The minimum atomic E-state index is 0.344. The van der Waals surface area contributed by atoms with Gasteiger partial charge in [0.25, 0.3) is 0 Å². The third-order valence-electron chi connectivity index (χ3n) is 5.57. The summed E-state index contributed by atoms with van der Waals surface area (Å²) in [5, 5.41) is 0. The third-order valence-corrected chi connectivity index (χ3v) is 5.57. The lowest BCUT2D eigenvalue weighted by Gasteiger charge is -2.53. The van der Waals surface area contributed by atoms with Gasteiger partial charge in [-0.1, -0.05) is 0 Å². The van der Waals surface area contributed by atoms with Crippen molar-refractivity contribution in [1.29, 1.82) is 0 Å². The first-order valence-electron chi connectivity index (χ1n) is 9.04. The molecule has 0 radical (unpaired) electrons. The molecular formula is C17H34N4O. The molecule has 3 fully saturated rings. The number of hydrogen-bond acceptors (Lipinski definition) is 5. The molecule has 0 amide bonds. The van der Waals surface area contributed by atoms with Gasteiger partial charge in [-0.15, -0.1) is 0 Å². The average molecular weight is 310 g/mol. The summed E-state index contributed by atoms with van der Waals surface area (Å²) in [6.07, 6.45) is 0. The molecule has 3 aliphatic rings. The van der Waals surface area contributed by atoms with Gasteiger partial charge in [-0.3, -0.25) is 19.6 Å². The van der Waals surface area contributed by atoms with Crippen LogP contribution in [-0.2, 0) is 4.74 Å². The van der Waals surface area contributed by atoms with Crippen LogP contribution in [0.15, 0.2) is 0 Å². The van der Waals surface area contributed by atoms with Gasteiger partial charge >= 0.3 is 0 Å². The lowest BCUT2D eigenvalue weighted by molar-refractivity contribution is -0.0390. The summed E-state index contributed by atoms with van der Waals surface area (Å²) in [5.41, 5.74) is 0.344. The Labute approximate surface area is 136 Å². The Balaban J connectivity index is 1.31. The van der Waals surface area contributed by atoms with Gasteiger partial charge < -0.3 is 4.74 Å². The number of hydrogen-bond donors (Lipinski definition) is 0. The zero-order chi connectivity index (χ0) is 15.6. The van der Waals surface area contributed by atoms with Gasteiger partial charge in [0, 0.05) is 77.0 Å². The second-order valence-corrected chi connectivity index (χ2v) is 8.06. The quantitative estimate of drug-likeness (QED) is 0.748. The molecule has 0 aromatic rings. The van der Waals surface area contributed by atoms with E-state index >= 15 is 0 Å². The molecule has 5 nitrogen and oxygen atoms in total. The molecule has 0 aliphatic carbocycles. The summed E-state index contributed by atoms with van der Waals surface area (Å²) >= 11 is 0. The molecule has 128 valence electrons. The lowest BCUT2D eigenvalue weighted by Crippen LogP contribution is -2.66. The maximum absolute atomic E-state index is 5.42. The summed E-state index contributed by atoms with van der Waals surface area (Å²) in [6, 6.07) is 0.806. The monoisotopic (exact) mass is 310 g/mol. The molecule has 0 aromatic carbocycles. The Morgan fingerprint density at radius 2 is 1.36 bits per heavy atom. The molecular weight excluding hydrogens is 276 g/mol. The number of morpholine rings is 1. The SMILES string of the molecule is CC(C)(C)N1CC(N2CCN(CCN3CCOCC3)CC2)C1. The van der Waals surface area contributed by atoms with E-state index in [2.05, 4.69) is 40.4 Å². The highest BCUT2D eigenvalue weighted by molar-refractivity contribution is 4.95. The van der Waals surface area contributed by atoms with E-state index in [1.807, 2.05) is 0 Å². The van der Waals surface area contributed by atoms with E-state index in [0.717, 1.165) is 32.3 Å². The molecule has 0 bridgehead atoms. The van der Waals surface area contributed by atoms with Gasteiger partial charge in [-0.2, -0.15) is 0 Å². The highest BCUT2D eigenvalue weighted by Crippen LogP contribution is 2.24. The first-order chi connectivity index (χ1) is 10.5. The van der Waals surface area contributed by atoms with E-state index in [9.17, 15) is 0 Å². The van der Waals surface area contributed by atoms with Crippen LogP contribution in [0.1, 0.15) is 20.8 Å². The van der Waals surface area contributed by atoms with Crippen LogP contribution in [0.5, 0.6) is 0 Å². The Kier molecular flexibility index (Phi) is 5.40. The molecule has 0 aromatic heterocycles. The third kappa shape index (κ3) is 4.20. The first-order valence-corrected chi connectivity index (χ1v) is 9.04. The predicted molar refractivity (Wildman–Crippen MR) is 90.4 cm³/mol. The molecule has 0 saturated carbocycles. The van der Waals surface area contributed by atoms with Crippen LogP contribution in [0.25, 0.3) is 0 Å². The molecule has 5 heteroatoms. The smallest absolute Gasteiger partial charge is 0.0594 e. The van der Waals surface area contributed by atoms with E-state index in [1.54, 1.807) is 0 Å². The Morgan fingerprint density at radius 3 is 1.91 bits per heavy atom. The fourth-order valence-electron chi connectivity index (χ4n) is 3.69. The zero-order valence-electron chi connectivity index (χ0n) is 14.8. The van der Waals surface area contributed by atoms with Crippen molar-refractivity contribution in [2.75, 3.05) is 78.7 Å². The summed E-state index contributed by atoms with van der Waals surface area (Å²) < 4.78 is 5.42. The van der Waals surface area contributed by atoms with Crippen LogP contribution in [0.4, 0.5) is 0 Å². The van der Waals surface area contributed by atoms with E-state index in [4.69, 9.17) is 4.74 Å². The van der Waals surface area contributed by atoms with Crippen molar-refractivity contribution in [3.63, 3.8) is 0 Å². The first kappa shape index (κ1) is 16.7. The summed E-state index contributed by atoms with van der Waals surface area (Å²) in [4.78, 5) is 10.5. The minimum absolute atomic E-state index is 0.344. The van der Waals surface area contributed by atoms with Crippen LogP contribution in [-0.4, -0.2) is 110 Å². The zero-order valence-corrected chi connectivity index (χ0v) is 14.8. The van der Waals surface area contributed by atoms with Gasteiger partial charge in [0.15, 0.2) is 0 Å². The maximum Gasteiger partial charge on any atom is 0.0594 e. The van der Waals surface area contributed by atoms with Gasteiger partial charge in [-0.05, 0) is 20.8 Å². The van der Waals surface area contributed by atoms with E-state index in [1.165, 1.54) is 52.4 Å². The van der Waals surface area contributed by atoms with Crippen LogP contribution in [0.3, 0.4) is 0 Å². The number of rotatable bonds is 4. The highest BCUT2D eigenvalue weighted by atomic mass is 16.5. The minimum Gasteiger partial charge on any atom is -0.379 e. The van der Waals surface area contributed by atoms with E-state index in [0.29, 0.717) is 5.54 Å². The van der Waals surface area contributed by atoms with Crippen LogP contribution in [0.2, 0.25) is 0 Å².